The number of amidine groups is 1. The van der Waals surface area contributed by atoms with Crippen LogP contribution in [0.25, 0.3) is 6.08 Å². The Morgan fingerprint density at radius 1 is 1.37 bits per heavy atom. The van der Waals surface area contributed by atoms with Crippen molar-refractivity contribution < 1.29 is 9.59 Å². The van der Waals surface area contributed by atoms with E-state index in [-0.39, 0.29) is 11.1 Å². The van der Waals surface area contributed by atoms with Gasteiger partial charge in [0.25, 0.3) is 5.91 Å². The van der Waals surface area contributed by atoms with E-state index < -0.39 is 5.91 Å². The Balaban J connectivity index is 2.28. The molecule has 1 N–H and O–H groups in total. The molecule has 1 aromatic carbocycles. The molecule has 1 heterocycles. The predicted octanol–water partition coefficient (Wildman–Crippen LogP) is 3.10. The first-order valence-electron chi connectivity index (χ1n) is 5.21. The van der Waals surface area contributed by atoms with Gasteiger partial charge in [-0.3, -0.25) is 9.59 Å². The summed E-state index contributed by atoms with van der Waals surface area (Å²) in [6, 6.07) is 5.08. The Labute approximate surface area is 123 Å². The van der Waals surface area contributed by atoms with Gasteiger partial charge in [0.15, 0.2) is 5.17 Å². The smallest absolute Gasteiger partial charge is 0.286 e. The summed E-state index contributed by atoms with van der Waals surface area (Å²) in [4.78, 5) is 26.7. The van der Waals surface area contributed by atoms with Gasteiger partial charge < -0.3 is 5.32 Å². The summed E-state index contributed by atoms with van der Waals surface area (Å²) in [5.41, 5.74) is 0.556. The van der Waals surface area contributed by atoms with E-state index in [1.54, 1.807) is 24.3 Å². The van der Waals surface area contributed by atoms with Crippen LogP contribution in [0.2, 0.25) is 10.0 Å². The normalized spacial score (nSPS) is 16.7. The highest BCUT2D eigenvalue weighted by atomic mass is 35.5. The van der Waals surface area contributed by atoms with Crippen LogP contribution in [-0.2, 0) is 9.59 Å². The number of thioether (sulfide) groups is 1. The molecule has 1 aliphatic heterocycles. The standard InChI is InChI=1S/C12H8Cl2N2O2S/c1-6(17)15-12-16-11(18)10(19-12)5-7-8(13)3-2-4-9(7)14/h2-5H,1H3,(H,15,16,17,18)/b10-5+. The summed E-state index contributed by atoms with van der Waals surface area (Å²) in [6.07, 6.45) is 1.57. The molecule has 0 aromatic heterocycles. The molecular weight excluding hydrogens is 307 g/mol. The lowest BCUT2D eigenvalue weighted by molar-refractivity contribution is -0.117. The Kier molecular flexibility index (Phi) is 4.29. The Morgan fingerprint density at radius 2 is 2.00 bits per heavy atom. The van der Waals surface area contributed by atoms with Crippen LogP contribution in [-0.4, -0.2) is 17.0 Å². The van der Waals surface area contributed by atoms with Crippen molar-refractivity contribution in [2.45, 2.75) is 6.92 Å². The fraction of sp³-hybridized carbons (Fsp3) is 0.0833. The lowest BCUT2D eigenvalue weighted by Crippen LogP contribution is -2.23. The maximum absolute atomic E-state index is 11.7. The third-order valence-electron chi connectivity index (χ3n) is 2.18. The molecule has 98 valence electrons. The maximum Gasteiger partial charge on any atom is 0.286 e. The number of carbonyl (C=O) groups excluding carboxylic acids is 2. The van der Waals surface area contributed by atoms with Crippen LogP contribution in [0.5, 0.6) is 0 Å². The lowest BCUT2D eigenvalue weighted by Gasteiger charge is -2.02. The number of carbonyl (C=O) groups is 2. The molecule has 0 saturated heterocycles. The SMILES string of the molecule is CC(=O)NC1=NC(=O)/C(=C\c2c(Cl)cccc2Cl)S1. The first-order chi connectivity index (χ1) is 8.97. The molecule has 1 aliphatic rings. The number of amides is 2. The van der Waals surface area contributed by atoms with Crippen molar-refractivity contribution in [2.24, 2.45) is 4.99 Å². The number of halogens is 2. The fourth-order valence-electron chi connectivity index (χ4n) is 1.39. The van der Waals surface area contributed by atoms with Gasteiger partial charge >= 0.3 is 0 Å². The molecule has 7 heteroatoms. The zero-order valence-electron chi connectivity index (χ0n) is 9.74. The molecule has 1 aromatic rings. The van der Waals surface area contributed by atoms with Crippen LogP contribution in [0.4, 0.5) is 0 Å². The van der Waals surface area contributed by atoms with Crippen LogP contribution in [0, 0.1) is 0 Å². The van der Waals surface area contributed by atoms with Gasteiger partial charge in [-0.15, -0.1) is 0 Å². The summed E-state index contributed by atoms with van der Waals surface area (Å²) < 4.78 is 0. The van der Waals surface area contributed by atoms with Crippen LogP contribution >= 0.6 is 35.0 Å². The Hall–Kier alpha value is -1.30. The summed E-state index contributed by atoms with van der Waals surface area (Å²) in [5.74, 6) is -0.708. The molecule has 0 bridgehead atoms. The number of rotatable bonds is 1. The van der Waals surface area contributed by atoms with Gasteiger partial charge in [0, 0.05) is 22.5 Å². The number of hydrogen-bond acceptors (Lipinski definition) is 3. The molecule has 0 spiro atoms. The van der Waals surface area contributed by atoms with E-state index in [1.807, 2.05) is 0 Å². The molecule has 2 rings (SSSR count). The second-order valence-electron chi connectivity index (χ2n) is 3.65. The van der Waals surface area contributed by atoms with Crippen molar-refractivity contribution >= 4 is 58.0 Å². The van der Waals surface area contributed by atoms with Gasteiger partial charge in [0.1, 0.15) is 0 Å². The van der Waals surface area contributed by atoms with Gasteiger partial charge in [0.2, 0.25) is 5.91 Å². The third-order valence-corrected chi connectivity index (χ3v) is 3.74. The van der Waals surface area contributed by atoms with E-state index in [1.165, 1.54) is 6.92 Å². The summed E-state index contributed by atoms with van der Waals surface area (Å²) in [5, 5.41) is 3.61. The minimum Gasteiger partial charge on any atom is -0.305 e. The largest absolute Gasteiger partial charge is 0.305 e. The zero-order valence-corrected chi connectivity index (χ0v) is 12.1. The molecule has 4 nitrogen and oxygen atoms in total. The van der Waals surface area contributed by atoms with Crippen LogP contribution < -0.4 is 5.32 Å². The van der Waals surface area contributed by atoms with Gasteiger partial charge in [-0.05, 0) is 30.0 Å². The zero-order chi connectivity index (χ0) is 14.0. The molecule has 0 unspecified atom stereocenters. The van der Waals surface area contributed by atoms with Crippen molar-refractivity contribution in [3.63, 3.8) is 0 Å². The van der Waals surface area contributed by atoms with Gasteiger partial charge in [-0.1, -0.05) is 29.3 Å². The number of nitrogens with zero attached hydrogens (tertiary/aromatic N) is 1. The van der Waals surface area contributed by atoms with Crippen molar-refractivity contribution in [3.05, 3.63) is 38.7 Å². The highest BCUT2D eigenvalue weighted by Gasteiger charge is 2.23. The van der Waals surface area contributed by atoms with Crippen molar-refractivity contribution in [2.75, 3.05) is 0 Å². The Bertz CT molecular complexity index is 606. The average molecular weight is 315 g/mol. The lowest BCUT2D eigenvalue weighted by atomic mass is 10.2. The maximum atomic E-state index is 11.7. The van der Waals surface area contributed by atoms with E-state index in [2.05, 4.69) is 10.3 Å². The second-order valence-corrected chi connectivity index (χ2v) is 5.49. The first-order valence-corrected chi connectivity index (χ1v) is 6.79. The highest BCUT2D eigenvalue weighted by Crippen LogP contribution is 2.32. The van der Waals surface area contributed by atoms with E-state index in [0.29, 0.717) is 20.5 Å². The van der Waals surface area contributed by atoms with Crippen LogP contribution in [0.3, 0.4) is 0 Å². The third kappa shape index (κ3) is 3.37. The monoisotopic (exact) mass is 314 g/mol. The van der Waals surface area contributed by atoms with E-state index in [0.717, 1.165) is 11.8 Å². The Morgan fingerprint density at radius 3 is 2.58 bits per heavy atom. The molecule has 0 radical (unpaired) electrons. The highest BCUT2D eigenvalue weighted by molar-refractivity contribution is 8.18. The molecule has 2 amide bonds. The average Bonchev–Trinajstić information content (AvgIpc) is 2.63. The minimum atomic E-state index is -0.426. The number of benzene rings is 1. The quantitative estimate of drug-likeness (QED) is 0.810. The van der Waals surface area contributed by atoms with E-state index in [9.17, 15) is 9.59 Å². The molecule has 19 heavy (non-hydrogen) atoms. The number of aliphatic imine (C=N–C) groups is 1. The molecule has 0 aliphatic carbocycles. The summed E-state index contributed by atoms with van der Waals surface area (Å²) >= 11 is 13.1. The molecule has 0 atom stereocenters. The van der Waals surface area contributed by atoms with Gasteiger partial charge in [-0.25, -0.2) is 0 Å². The van der Waals surface area contributed by atoms with Gasteiger partial charge in [-0.2, -0.15) is 4.99 Å². The van der Waals surface area contributed by atoms with Crippen LogP contribution in [0.15, 0.2) is 28.1 Å². The van der Waals surface area contributed by atoms with Crippen LogP contribution in [0.1, 0.15) is 12.5 Å². The van der Waals surface area contributed by atoms with E-state index in [4.69, 9.17) is 23.2 Å². The number of hydrogen-bond donors (Lipinski definition) is 1. The second kappa shape index (κ2) is 5.77. The topological polar surface area (TPSA) is 58.5 Å². The predicted molar refractivity (Wildman–Crippen MR) is 78.3 cm³/mol. The minimum absolute atomic E-state index is 0.256. The van der Waals surface area contributed by atoms with E-state index >= 15 is 0 Å². The summed E-state index contributed by atoms with van der Waals surface area (Å²) in [7, 11) is 0. The number of nitrogens with one attached hydrogen (secondary N) is 1. The van der Waals surface area contributed by atoms with Crippen molar-refractivity contribution in [3.8, 4) is 0 Å². The summed E-state index contributed by atoms with van der Waals surface area (Å²) in [6.45, 7) is 1.35. The first kappa shape index (κ1) is 14.1. The fourth-order valence-corrected chi connectivity index (χ4v) is 2.74. The molecule has 0 fully saturated rings. The molecule has 0 saturated carbocycles. The van der Waals surface area contributed by atoms with Crippen molar-refractivity contribution in [1.82, 2.24) is 5.32 Å². The molecular formula is C12H8Cl2N2O2S. The van der Waals surface area contributed by atoms with Gasteiger partial charge in [0.05, 0.1) is 4.91 Å². The van der Waals surface area contributed by atoms with Crippen molar-refractivity contribution in [1.29, 1.82) is 0 Å².